The van der Waals surface area contributed by atoms with Crippen molar-refractivity contribution in [2.75, 3.05) is 0 Å². The summed E-state index contributed by atoms with van der Waals surface area (Å²) < 4.78 is 0. The molecule has 0 bridgehead atoms. The largest absolute Gasteiger partial charge is 0.353 e. The van der Waals surface area contributed by atoms with Gasteiger partial charge >= 0.3 is 0 Å². The van der Waals surface area contributed by atoms with Crippen molar-refractivity contribution >= 4 is 50.6 Å². The average Bonchev–Trinajstić information content (AvgIpc) is 3.12. The van der Waals surface area contributed by atoms with Crippen molar-refractivity contribution in [2.45, 2.75) is 0 Å². The first-order valence-corrected chi connectivity index (χ1v) is 15.0. The van der Waals surface area contributed by atoms with Gasteiger partial charge in [-0.3, -0.25) is 4.98 Å². The first kappa shape index (κ1) is 26.5. The minimum Gasteiger partial charge on any atom is -0.353 e. The standard InChI is InChI=1S/C41H28N4/c42-26-35(27-10-3-1-4-11-27)41-34-16-8-7-15-33(34)37(38(45-41)30-12-5-2-6-13-30)29-19-17-28(18-20-29)36-24-23-32-22-21-31-14-9-25-43-39(31)40(32)44-36/h1-26,42,45H/b41-35+,42-26?. The molecule has 4 nitrogen and oxygen atoms in total. The Labute approximate surface area is 261 Å². The zero-order valence-corrected chi connectivity index (χ0v) is 24.4. The van der Waals surface area contributed by atoms with Crippen LogP contribution < -0.4 is 5.32 Å². The summed E-state index contributed by atoms with van der Waals surface area (Å²) in [6.45, 7) is 0. The summed E-state index contributed by atoms with van der Waals surface area (Å²) in [6, 6.07) is 50.1. The Morgan fingerprint density at radius 1 is 0.556 bits per heavy atom. The summed E-state index contributed by atoms with van der Waals surface area (Å²) in [5, 5.41) is 14.4. The van der Waals surface area contributed by atoms with E-state index < -0.39 is 0 Å². The molecule has 0 amide bonds. The van der Waals surface area contributed by atoms with E-state index in [1.54, 1.807) is 0 Å². The van der Waals surface area contributed by atoms with Crippen LogP contribution in [0.1, 0.15) is 27.8 Å². The van der Waals surface area contributed by atoms with Crippen molar-refractivity contribution in [1.82, 2.24) is 15.3 Å². The highest BCUT2D eigenvalue weighted by Crippen LogP contribution is 2.42. The number of fused-ring (bicyclic) bond motifs is 4. The number of rotatable bonds is 5. The van der Waals surface area contributed by atoms with Crippen LogP contribution in [0.15, 0.2) is 152 Å². The maximum Gasteiger partial charge on any atom is 0.0972 e. The van der Waals surface area contributed by atoms with Gasteiger partial charge < -0.3 is 10.7 Å². The third kappa shape index (κ3) is 4.70. The van der Waals surface area contributed by atoms with E-state index in [-0.39, 0.29) is 0 Å². The van der Waals surface area contributed by atoms with E-state index in [1.165, 1.54) is 6.21 Å². The molecular weight excluding hydrogens is 548 g/mol. The fourth-order valence-electron chi connectivity index (χ4n) is 6.25. The van der Waals surface area contributed by atoms with Crippen molar-refractivity contribution in [2.24, 2.45) is 0 Å². The van der Waals surface area contributed by atoms with Crippen LogP contribution in [0.3, 0.4) is 0 Å². The maximum atomic E-state index is 8.41. The number of hydrogen-bond acceptors (Lipinski definition) is 4. The Morgan fingerprint density at radius 3 is 1.96 bits per heavy atom. The molecule has 1 aliphatic rings. The Kier molecular flexibility index (Phi) is 6.58. The number of aromatic nitrogens is 2. The van der Waals surface area contributed by atoms with Crippen LogP contribution in [0, 0.1) is 5.41 Å². The summed E-state index contributed by atoms with van der Waals surface area (Å²) in [5.41, 5.74) is 13.0. The van der Waals surface area contributed by atoms with E-state index >= 15 is 0 Å². The predicted octanol–water partition coefficient (Wildman–Crippen LogP) is 9.49. The zero-order valence-electron chi connectivity index (χ0n) is 24.4. The van der Waals surface area contributed by atoms with Crippen LogP contribution >= 0.6 is 0 Å². The van der Waals surface area contributed by atoms with Gasteiger partial charge in [0.25, 0.3) is 0 Å². The van der Waals surface area contributed by atoms with E-state index in [0.29, 0.717) is 0 Å². The zero-order chi connectivity index (χ0) is 30.2. The molecule has 0 saturated heterocycles. The van der Waals surface area contributed by atoms with Crippen molar-refractivity contribution < 1.29 is 0 Å². The van der Waals surface area contributed by atoms with Gasteiger partial charge in [-0.05, 0) is 34.4 Å². The van der Waals surface area contributed by atoms with Crippen LogP contribution in [-0.2, 0) is 0 Å². The highest BCUT2D eigenvalue weighted by atomic mass is 14.9. The molecule has 2 aromatic heterocycles. The van der Waals surface area contributed by atoms with E-state index in [1.807, 2.05) is 36.5 Å². The summed E-state index contributed by atoms with van der Waals surface area (Å²) in [6.07, 6.45) is 3.27. The molecule has 45 heavy (non-hydrogen) atoms. The number of nitrogens with zero attached hydrogens (tertiary/aromatic N) is 2. The molecule has 1 aliphatic heterocycles. The Hall–Kier alpha value is -6.13. The lowest BCUT2D eigenvalue weighted by atomic mass is 9.84. The second kappa shape index (κ2) is 11.2. The molecule has 0 aliphatic carbocycles. The molecule has 5 aromatic carbocycles. The average molecular weight is 577 g/mol. The number of pyridine rings is 2. The van der Waals surface area contributed by atoms with Gasteiger partial charge in [0.1, 0.15) is 0 Å². The summed E-state index contributed by atoms with van der Waals surface area (Å²) >= 11 is 0. The van der Waals surface area contributed by atoms with Crippen molar-refractivity contribution in [1.29, 1.82) is 5.41 Å². The quantitative estimate of drug-likeness (QED) is 0.158. The smallest absolute Gasteiger partial charge is 0.0972 e. The van der Waals surface area contributed by atoms with Gasteiger partial charge in [0.05, 0.1) is 28.1 Å². The predicted molar refractivity (Wildman–Crippen MR) is 186 cm³/mol. The molecule has 0 atom stereocenters. The van der Waals surface area contributed by atoms with Crippen molar-refractivity contribution in [3.8, 4) is 11.3 Å². The molecule has 0 radical (unpaired) electrons. The summed E-state index contributed by atoms with van der Waals surface area (Å²) in [7, 11) is 0. The molecule has 8 rings (SSSR count). The third-order valence-corrected chi connectivity index (χ3v) is 8.43. The highest BCUT2D eigenvalue weighted by Gasteiger charge is 2.26. The molecule has 3 heterocycles. The lowest BCUT2D eigenvalue weighted by molar-refractivity contribution is 1.20. The molecule has 0 unspecified atom stereocenters. The molecule has 4 heteroatoms. The van der Waals surface area contributed by atoms with Crippen LogP contribution in [0.5, 0.6) is 0 Å². The molecule has 7 aromatic rings. The monoisotopic (exact) mass is 576 g/mol. The van der Waals surface area contributed by atoms with Crippen LogP contribution in [0.4, 0.5) is 0 Å². The third-order valence-electron chi connectivity index (χ3n) is 8.43. The SMILES string of the molecule is N=C/C(=C1\NC(c2ccccc2)=C(c2ccc(-c3ccc4ccc5cccnc5c4n3)cc2)c2ccccc21)c1ccccc1. The second-order valence-electron chi connectivity index (χ2n) is 11.1. The van der Waals surface area contributed by atoms with Gasteiger partial charge in [0.15, 0.2) is 0 Å². The maximum absolute atomic E-state index is 8.41. The number of allylic oxidation sites excluding steroid dienone is 1. The Balaban J connectivity index is 1.29. The van der Waals surface area contributed by atoms with Gasteiger partial charge in [0, 0.05) is 45.5 Å². The van der Waals surface area contributed by atoms with Gasteiger partial charge in [-0.15, -0.1) is 0 Å². The summed E-state index contributed by atoms with van der Waals surface area (Å²) in [5.74, 6) is 0. The van der Waals surface area contributed by atoms with E-state index in [4.69, 9.17) is 10.4 Å². The first-order chi connectivity index (χ1) is 22.3. The topological polar surface area (TPSA) is 61.7 Å². The van der Waals surface area contributed by atoms with E-state index in [9.17, 15) is 0 Å². The van der Waals surface area contributed by atoms with Gasteiger partial charge in [-0.2, -0.15) is 0 Å². The number of hydrogen-bond donors (Lipinski definition) is 2. The number of benzene rings is 5. The second-order valence-corrected chi connectivity index (χ2v) is 11.1. The van der Waals surface area contributed by atoms with Crippen LogP contribution in [0.25, 0.3) is 55.6 Å². The molecule has 212 valence electrons. The van der Waals surface area contributed by atoms with Crippen LogP contribution in [0.2, 0.25) is 0 Å². The Bertz CT molecular complexity index is 2280. The normalized spacial score (nSPS) is 13.8. The van der Waals surface area contributed by atoms with E-state index in [2.05, 4.69) is 126 Å². The lowest BCUT2D eigenvalue weighted by Crippen LogP contribution is -2.21. The van der Waals surface area contributed by atoms with Crippen LogP contribution in [-0.4, -0.2) is 16.2 Å². The first-order valence-electron chi connectivity index (χ1n) is 15.0. The van der Waals surface area contributed by atoms with Gasteiger partial charge in [-0.25, -0.2) is 4.98 Å². The van der Waals surface area contributed by atoms with Gasteiger partial charge in [-0.1, -0.05) is 133 Å². The molecule has 0 spiro atoms. The molecule has 0 saturated carbocycles. The molecule has 0 fully saturated rings. The minimum atomic E-state index is 0.843. The number of nitrogens with one attached hydrogen (secondary N) is 2. The van der Waals surface area contributed by atoms with Crippen molar-refractivity contribution in [3.63, 3.8) is 0 Å². The molecule has 2 N–H and O–H groups in total. The highest BCUT2D eigenvalue weighted by molar-refractivity contribution is 6.21. The molecular formula is C41H28N4. The van der Waals surface area contributed by atoms with E-state index in [0.717, 1.165) is 83.4 Å². The summed E-state index contributed by atoms with van der Waals surface area (Å²) in [4.78, 5) is 9.70. The lowest BCUT2D eigenvalue weighted by Gasteiger charge is -2.29. The van der Waals surface area contributed by atoms with Crippen molar-refractivity contribution in [3.05, 3.63) is 180 Å². The van der Waals surface area contributed by atoms with Gasteiger partial charge in [0.2, 0.25) is 0 Å². The fourth-order valence-corrected chi connectivity index (χ4v) is 6.25. The minimum absolute atomic E-state index is 0.843. The Morgan fingerprint density at radius 2 is 1.20 bits per heavy atom. The fraction of sp³-hybridized carbons (Fsp3) is 0.